The summed E-state index contributed by atoms with van der Waals surface area (Å²) in [7, 11) is -1.92. The maximum absolute atomic E-state index is 12.2. The molecule has 7 nitrogen and oxygen atoms in total. The fraction of sp³-hybridized carbons (Fsp3) is 0.333. The number of nitrogens with one attached hydrogen (secondary N) is 1. The molecular formula is C18H23N3O4S. The van der Waals surface area contributed by atoms with Gasteiger partial charge >= 0.3 is 0 Å². The third kappa shape index (κ3) is 6.12. The first-order valence-corrected chi connectivity index (χ1v) is 9.97. The van der Waals surface area contributed by atoms with Gasteiger partial charge in [0, 0.05) is 25.5 Å². The summed E-state index contributed by atoms with van der Waals surface area (Å²) < 4.78 is 30.3. The van der Waals surface area contributed by atoms with Crippen LogP contribution in [-0.2, 0) is 27.8 Å². The zero-order valence-corrected chi connectivity index (χ0v) is 15.7. The van der Waals surface area contributed by atoms with Crippen LogP contribution < -0.4 is 10.1 Å². The number of benzene rings is 1. The largest absolute Gasteiger partial charge is 0.496 e. The minimum absolute atomic E-state index is 0.126. The number of ether oxygens (including phenoxy) is 1. The molecule has 140 valence electrons. The molecule has 0 radical (unpaired) electrons. The third-order valence-corrected chi connectivity index (χ3v) is 5.00. The molecule has 0 fully saturated rings. The number of hydrogen-bond acceptors (Lipinski definition) is 5. The highest BCUT2D eigenvalue weighted by atomic mass is 32.2. The van der Waals surface area contributed by atoms with Gasteiger partial charge in [0.05, 0.1) is 19.9 Å². The van der Waals surface area contributed by atoms with Gasteiger partial charge in [-0.2, -0.15) is 4.31 Å². The average Bonchev–Trinajstić information content (AvgIpc) is 2.61. The van der Waals surface area contributed by atoms with Crippen LogP contribution in [0.1, 0.15) is 11.1 Å². The Bertz CT molecular complexity index is 825. The molecule has 1 amide bonds. The zero-order valence-electron chi connectivity index (χ0n) is 14.9. The van der Waals surface area contributed by atoms with E-state index >= 15 is 0 Å². The van der Waals surface area contributed by atoms with Crippen molar-refractivity contribution >= 4 is 15.9 Å². The number of amides is 1. The summed E-state index contributed by atoms with van der Waals surface area (Å²) in [4.78, 5) is 16.1. The van der Waals surface area contributed by atoms with Crippen LogP contribution in [0, 0.1) is 0 Å². The molecule has 1 N–H and O–H groups in total. The van der Waals surface area contributed by atoms with Gasteiger partial charge in [0.25, 0.3) is 0 Å². The second kappa shape index (κ2) is 9.30. The van der Waals surface area contributed by atoms with Crippen LogP contribution in [0.2, 0.25) is 0 Å². The minimum atomic E-state index is -3.51. The predicted octanol–water partition coefficient (Wildman–Crippen LogP) is 1.21. The number of carbonyl (C=O) groups is 1. The highest BCUT2D eigenvalue weighted by molar-refractivity contribution is 7.88. The summed E-state index contributed by atoms with van der Waals surface area (Å²) in [5, 5.41) is 2.76. The first-order chi connectivity index (χ1) is 12.4. The number of aromatic nitrogens is 1. The Labute approximate surface area is 154 Å². The summed E-state index contributed by atoms with van der Waals surface area (Å²) in [6.07, 6.45) is 4.86. The number of carbonyl (C=O) groups excluding carboxylic acids is 1. The van der Waals surface area contributed by atoms with Crippen molar-refractivity contribution in [1.29, 1.82) is 0 Å². The van der Waals surface area contributed by atoms with Crippen LogP contribution in [0.5, 0.6) is 5.75 Å². The molecule has 1 aromatic carbocycles. The van der Waals surface area contributed by atoms with E-state index in [1.54, 1.807) is 31.6 Å². The van der Waals surface area contributed by atoms with E-state index in [0.29, 0.717) is 13.0 Å². The lowest BCUT2D eigenvalue weighted by atomic mass is 10.1. The normalized spacial score (nSPS) is 11.3. The smallest absolute Gasteiger partial charge is 0.235 e. The molecule has 0 aliphatic heterocycles. The summed E-state index contributed by atoms with van der Waals surface area (Å²) in [5.74, 6) is 0.413. The predicted molar refractivity (Wildman–Crippen MR) is 99.2 cm³/mol. The molecular weight excluding hydrogens is 354 g/mol. The van der Waals surface area contributed by atoms with E-state index < -0.39 is 10.0 Å². The Kier molecular flexibility index (Phi) is 7.11. The van der Waals surface area contributed by atoms with E-state index in [-0.39, 0.29) is 19.0 Å². The van der Waals surface area contributed by atoms with Gasteiger partial charge in [-0.25, -0.2) is 8.42 Å². The molecule has 0 atom stereocenters. The molecule has 0 bridgehead atoms. The van der Waals surface area contributed by atoms with Crippen molar-refractivity contribution in [3.05, 3.63) is 59.9 Å². The van der Waals surface area contributed by atoms with E-state index in [1.165, 1.54) is 0 Å². The Hall–Kier alpha value is -2.45. The van der Waals surface area contributed by atoms with Gasteiger partial charge in [0.2, 0.25) is 15.9 Å². The van der Waals surface area contributed by atoms with Crippen molar-refractivity contribution in [3.63, 3.8) is 0 Å². The van der Waals surface area contributed by atoms with Gasteiger partial charge in [-0.05, 0) is 35.7 Å². The Balaban J connectivity index is 1.91. The Morgan fingerprint density at radius 3 is 2.54 bits per heavy atom. The molecule has 2 rings (SSSR count). The minimum Gasteiger partial charge on any atom is -0.496 e. The number of nitrogens with zero attached hydrogens (tertiary/aromatic N) is 2. The fourth-order valence-corrected chi connectivity index (χ4v) is 3.18. The lowest BCUT2D eigenvalue weighted by molar-refractivity contribution is -0.121. The van der Waals surface area contributed by atoms with E-state index in [0.717, 1.165) is 27.4 Å². The monoisotopic (exact) mass is 377 g/mol. The van der Waals surface area contributed by atoms with Gasteiger partial charge in [-0.1, -0.05) is 18.2 Å². The molecule has 26 heavy (non-hydrogen) atoms. The lowest BCUT2D eigenvalue weighted by Gasteiger charge is -2.19. The molecule has 0 spiro atoms. The number of pyridine rings is 1. The molecule has 1 aromatic heterocycles. The quantitative estimate of drug-likeness (QED) is 0.710. The van der Waals surface area contributed by atoms with E-state index in [2.05, 4.69) is 10.3 Å². The van der Waals surface area contributed by atoms with E-state index in [9.17, 15) is 13.2 Å². The van der Waals surface area contributed by atoms with Crippen molar-refractivity contribution < 1.29 is 17.9 Å². The molecule has 0 unspecified atom stereocenters. The van der Waals surface area contributed by atoms with Crippen molar-refractivity contribution in [1.82, 2.24) is 14.6 Å². The first-order valence-electron chi connectivity index (χ1n) is 8.13. The Morgan fingerprint density at radius 1 is 1.19 bits per heavy atom. The van der Waals surface area contributed by atoms with Crippen LogP contribution in [-0.4, -0.2) is 50.1 Å². The topological polar surface area (TPSA) is 88.6 Å². The van der Waals surface area contributed by atoms with E-state index in [1.807, 2.05) is 24.3 Å². The highest BCUT2D eigenvalue weighted by Gasteiger charge is 2.20. The summed E-state index contributed by atoms with van der Waals surface area (Å²) in [6, 6.07) is 11.0. The molecule has 8 heteroatoms. The molecule has 0 saturated heterocycles. The molecule has 2 aromatic rings. The van der Waals surface area contributed by atoms with Gasteiger partial charge in [-0.15, -0.1) is 0 Å². The lowest BCUT2D eigenvalue weighted by Crippen LogP contribution is -2.40. The number of rotatable bonds is 9. The number of sulfonamides is 1. The van der Waals surface area contributed by atoms with Crippen LogP contribution in [0.3, 0.4) is 0 Å². The zero-order chi connectivity index (χ0) is 19.0. The maximum atomic E-state index is 12.2. The van der Waals surface area contributed by atoms with Gasteiger partial charge in [-0.3, -0.25) is 9.78 Å². The van der Waals surface area contributed by atoms with Crippen molar-refractivity contribution in [2.75, 3.05) is 26.5 Å². The maximum Gasteiger partial charge on any atom is 0.235 e. The average molecular weight is 377 g/mol. The second-order valence-corrected chi connectivity index (χ2v) is 7.78. The summed E-state index contributed by atoms with van der Waals surface area (Å²) in [5.41, 5.74) is 1.75. The van der Waals surface area contributed by atoms with Crippen LogP contribution in [0.25, 0.3) is 0 Å². The fourth-order valence-electron chi connectivity index (χ4n) is 2.44. The molecule has 1 heterocycles. The molecule has 0 saturated carbocycles. The van der Waals surface area contributed by atoms with E-state index in [4.69, 9.17) is 4.74 Å². The standard InChI is InChI=1S/C18H23N3O4S/c1-25-17-6-4-3-5-16(17)9-12-20-18(22)14-21(26(2,23)24)13-15-7-10-19-11-8-15/h3-8,10-11H,9,12-14H2,1-2H3,(H,20,22). The third-order valence-electron chi connectivity index (χ3n) is 3.81. The van der Waals surface area contributed by atoms with Gasteiger partial charge < -0.3 is 10.1 Å². The summed E-state index contributed by atoms with van der Waals surface area (Å²) >= 11 is 0. The Morgan fingerprint density at radius 2 is 1.88 bits per heavy atom. The van der Waals surface area contributed by atoms with Crippen LogP contribution in [0.4, 0.5) is 0 Å². The highest BCUT2D eigenvalue weighted by Crippen LogP contribution is 2.17. The molecule has 0 aliphatic rings. The SMILES string of the molecule is COc1ccccc1CCNC(=O)CN(Cc1ccncc1)S(C)(=O)=O. The van der Waals surface area contributed by atoms with Gasteiger partial charge in [0.1, 0.15) is 5.75 Å². The van der Waals surface area contributed by atoms with Crippen LogP contribution in [0.15, 0.2) is 48.8 Å². The second-order valence-electron chi connectivity index (χ2n) is 5.80. The van der Waals surface area contributed by atoms with Crippen molar-refractivity contribution in [2.24, 2.45) is 0 Å². The number of hydrogen-bond donors (Lipinski definition) is 1. The number of methoxy groups -OCH3 is 1. The summed E-state index contributed by atoms with van der Waals surface area (Å²) in [6.45, 7) is 0.292. The van der Waals surface area contributed by atoms with Crippen LogP contribution >= 0.6 is 0 Å². The van der Waals surface area contributed by atoms with Crippen molar-refractivity contribution in [3.8, 4) is 5.75 Å². The first kappa shape index (κ1) is 19.9. The molecule has 0 aliphatic carbocycles. The van der Waals surface area contributed by atoms with Crippen molar-refractivity contribution in [2.45, 2.75) is 13.0 Å². The van der Waals surface area contributed by atoms with Gasteiger partial charge in [0.15, 0.2) is 0 Å². The number of para-hydroxylation sites is 1.